The van der Waals surface area contributed by atoms with Gasteiger partial charge in [0.05, 0.1) is 11.7 Å². The van der Waals surface area contributed by atoms with Crippen molar-refractivity contribution in [1.82, 2.24) is 9.88 Å². The lowest BCUT2D eigenvalue weighted by Crippen LogP contribution is -2.34. The minimum Gasteiger partial charge on any atom is -0.376 e. The molecule has 0 aliphatic carbocycles. The van der Waals surface area contributed by atoms with Crippen molar-refractivity contribution in [1.29, 1.82) is 0 Å². The zero-order valence-electron chi connectivity index (χ0n) is 9.73. The second kappa shape index (κ2) is 5.60. The number of carbonyl (C=O) groups is 1. The third-order valence-electron chi connectivity index (χ3n) is 2.84. The van der Waals surface area contributed by atoms with E-state index >= 15 is 0 Å². The van der Waals surface area contributed by atoms with Crippen LogP contribution >= 0.6 is 15.9 Å². The molecule has 0 aromatic carbocycles. The number of hydrogen-bond donors (Lipinski definition) is 0. The van der Waals surface area contributed by atoms with Gasteiger partial charge in [-0.15, -0.1) is 0 Å². The molecule has 2 heterocycles. The fourth-order valence-electron chi connectivity index (χ4n) is 1.93. The normalized spacial score (nSPS) is 19.3. The summed E-state index contributed by atoms with van der Waals surface area (Å²) in [7, 11) is 1.80. The lowest BCUT2D eigenvalue weighted by molar-refractivity contribution is 0.0586. The Bertz CT molecular complexity index is 405. The van der Waals surface area contributed by atoms with Crippen molar-refractivity contribution in [2.24, 2.45) is 0 Å². The van der Waals surface area contributed by atoms with Gasteiger partial charge in [-0.1, -0.05) is 0 Å². The highest BCUT2D eigenvalue weighted by Crippen LogP contribution is 2.17. The van der Waals surface area contributed by atoms with Crippen molar-refractivity contribution >= 4 is 21.8 Å². The highest BCUT2D eigenvalue weighted by molar-refractivity contribution is 9.10. The summed E-state index contributed by atoms with van der Waals surface area (Å²) in [6.07, 6.45) is 3.95. The number of carbonyl (C=O) groups excluding carboxylic acids is 1. The van der Waals surface area contributed by atoms with Crippen molar-refractivity contribution in [2.45, 2.75) is 18.9 Å². The number of likely N-dealkylation sites (N-methyl/N-ethyl adjacent to an activating group) is 1. The Morgan fingerprint density at radius 1 is 1.71 bits per heavy atom. The summed E-state index contributed by atoms with van der Waals surface area (Å²) in [5.74, 6) is -0.0273. The lowest BCUT2D eigenvalue weighted by Gasteiger charge is -2.21. The minimum absolute atomic E-state index is 0.0273. The summed E-state index contributed by atoms with van der Waals surface area (Å²) in [5.41, 5.74) is 0.591. The van der Waals surface area contributed by atoms with E-state index in [4.69, 9.17) is 4.74 Å². The first-order chi connectivity index (χ1) is 8.18. The van der Waals surface area contributed by atoms with Gasteiger partial charge in [-0.05, 0) is 40.9 Å². The number of hydrogen-bond acceptors (Lipinski definition) is 3. The quantitative estimate of drug-likeness (QED) is 0.803. The average molecular weight is 299 g/mol. The molecule has 4 nitrogen and oxygen atoms in total. The number of nitrogens with zero attached hydrogens (tertiary/aromatic N) is 2. The third-order valence-corrected chi connectivity index (χ3v) is 3.47. The van der Waals surface area contributed by atoms with Crippen LogP contribution in [0.5, 0.6) is 0 Å². The average Bonchev–Trinajstić information content (AvgIpc) is 2.81. The number of halogens is 1. The van der Waals surface area contributed by atoms with E-state index in [1.165, 1.54) is 0 Å². The maximum absolute atomic E-state index is 12.2. The van der Waals surface area contributed by atoms with E-state index in [1.807, 2.05) is 0 Å². The molecule has 1 fully saturated rings. The summed E-state index contributed by atoms with van der Waals surface area (Å²) in [6, 6.07) is 3.53. The maximum Gasteiger partial charge on any atom is 0.256 e. The topological polar surface area (TPSA) is 42.4 Å². The second-order valence-electron chi connectivity index (χ2n) is 4.16. The summed E-state index contributed by atoms with van der Waals surface area (Å²) >= 11 is 3.29. The number of ether oxygens (including phenoxy) is 1. The van der Waals surface area contributed by atoms with Crippen molar-refractivity contribution in [3.05, 3.63) is 28.5 Å². The van der Waals surface area contributed by atoms with Crippen molar-refractivity contribution in [2.75, 3.05) is 20.2 Å². The van der Waals surface area contributed by atoms with Crippen LogP contribution in [0.3, 0.4) is 0 Å². The Hall–Kier alpha value is -0.940. The van der Waals surface area contributed by atoms with Crippen LogP contribution in [0.15, 0.2) is 22.9 Å². The van der Waals surface area contributed by atoms with Gasteiger partial charge < -0.3 is 9.64 Å². The standard InChI is InChI=1S/C12H15BrN2O2/c1-15(8-9-4-3-7-17-9)12(16)10-5-2-6-14-11(10)13/h2,5-6,9H,3-4,7-8H2,1H3. The van der Waals surface area contributed by atoms with Crippen molar-refractivity contribution in [3.63, 3.8) is 0 Å². The minimum atomic E-state index is -0.0273. The molecule has 0 saturated carbocycles. The smallest absolute Gasteiger partial charge is 0.256 e. The molecule has 5 heteroatoms. The monoisotopic (exact) mass is 298 g/mol. The van der Waals surface area contributed by atoms with E-state index in [9.17, 15) is 4.79 Å². The first-order valence-corrected chi connectivity index (χ1v) is 6.45. The van der Waals surface area contributed by atoms with E-state index in [2.05, 4.69) is 20.9 Å². The van der Waals surface area contributed by atoms with Gasteiger partial charge in [-0.25, -0.2) is 4.98 Å². The molecule has 1 aromatic rings. The number of pyridine rings is 1. The van der Waals surface area contributed by atoms with Crippen LogP contribution in [0.25, 0.3) is 0 Å². The molecule has 0 bridgehead atoms. The molecule has 17 heavy (non-hydrogen) atoms. The fraction of sp³-hybridized carbons (Fsp3) is 0.500. The summed E-state index contributed by atoms with van der Waals surface area (Å²) in [6.45, 7) is 1.45. The molecule has 1 atom stereocenters. The van der Waals surface area contributed by atoms with Gasteiger partial charge in [-0.3, -0.25) is 4.79 Å². The van der Waals surface area contributed by atoms with Gasteiger partial charge >= 0.3 is 0 Å². The predicted octanol–water partition coefficient (Wildman–Crippen LogP) is 2.10. The largest absolute Gasteiger partial charge is 0.376 e. The molecular formula is C12H15BrN2O2. The van der Waals surface area contributed by atoms with Gasteiger partial charge in [-0.2, -0.15) is 0 Å². The Kier molecular flexibility index (Phi) is 4.12. The van der Waals surface area contributed by atoms with Gasteiger partial charge in [0.25, 0.3) is 5.91 Å². The van der Waals surface area contributed by atoms with Crippen LogP contribution in [0.2, 0.25) is 0 Å². The molecule has 1 amide bonds. The van der Waals surface area contributed by atoms with Crippen LogP contribution in [0, 0.1) is 0 Å². The van der Waals surface area contributed by atoms with Crippen LogP contribution in [-0.4, -0.2) is 42.1 Å². The third kappa shape index (κ3) is 3.04. The molecule has 1 unspecified atom stereocenters. The SMILES string of the molecule is CN(CC1CCCO1)C(=O)c1cccnc1Br. The molecule has 92 valence electrons. The number of amides is 1. The van der Waals surface area contributed by atoms with Gasteiger partial charge in [0.15, 0.2) is 0 Å². The first-order valence-electron chi connectivity index (χ1n) is 5.66. The molecule has 0 spiro atoms. The van der Waals surface area contributed by atoms with Crippen molar-refractivity contribution < 1.29 is 9.53 Å². The molecule has 1 aromatic heterocycles. The molecule has 1 aliphatic rings. The highest BCUT2D eigenvalue weighted by atomic mass is 79.9. The van der Waals surface area contributed by atoms with E-state index in [0.29, 0.717) is 16.7 Å². The zero-order chi connectivity index (χ0) is 12.3. The van der Waals surface area contributed by atoms with E-state index in [-0.39, 0.29) is 12.0 Å². The molecular weight excluding hydrogens is 284 g/mol. The van der Waals surface area contributed by atoms with Gasteiger partial charge in [0, 0.05) is 26.4 Å². The Morgan fingerprint density at radius 3 is 3.18 bits per heavy atom. The van der Waals surface area contributed by atoms with Crippen LogP contribution in [0.4, 0.5) is 0 Å². The van der Waals surface area contributed by atoms with E-state index in [1.54, 1.807) is 30.3 Å². The zero-order valence-corrected chi connectivity index (χ0v) is 11.3. The maximum atomic E-state index is 12.2. The molecule has 2 rings (SSSR count). The van der Waals surface area contributed by atoms with E-state index in [0.717, 1.165) is 19.4 Å². The second-order valence-corrected chi connectivity index (χ2v) is 4.91. The molecule has 1 aliphatic heterocycles. The van der Waals surface area contributed by atoms with Gasteiger partial charge in [0.1, 0.15) is 4.60 Å². The van der Waals surface area contributed by atoms with Gasteiger partial charge in [0.2, 0.25) is 0 Å². The summed E-state index contributed by atoms with van der Waals surface area (Å²) in [5, 5.41) is 0. The van der Waals surface area contributed by atoms with Crippen LogP contribution < -0.4 is 0 Å². The number of aromatic nitrogens is 1. The summed E-state index contributed by atoms with van der Waals surface area (Å²) < 4.78 is 6.11. The lowest BCUT2D eigenvalue weighted by atomic mass is 10.2. The molecule has 0 N–H and O–H groups in total. The summed E-state index contributed by atoms with van der Waals surface area (Å²) in [4.78, 5) is 17.9. The number of rotatable bonds is 3. The predicted molar refractivity (Wildman–Crippen MR) is 67.9 cm³/mol. The highest BCUT2D eigenvalue weighted by Gasteiger charge is 2.21. The van der Waals surface area contributed by atoms with Crippen LogP contribution in [-0.2, 0) is 4.74 Å². The molecule has 1 saturated heterocycles. The Labute approximate surface area is 109 Å². The van der Waals surface area contributed by atoms with Crippen LogP contribution in [0.1, 0.15) is 23.2 Å². The molecule has 0 radical (unpaired) electrons. The fourth-order valence-corrected chi connectivity index (χ4v) is 2.35. The Morgan fingerprint density at radius 2 is 2.53 bits per heavy atom. The Balaban J connectivity index is 2.01. The van der Waals surface area contributed by atoms with Crippen molar-refractivity contribution in [3.8, 4) is 0 Å². The van der Waals surface area contributed by atoms with E-state index < -0.39 is 0 Å². The first kappa shape index (κ1) is 12.5.